The van der Waals surface area contributed by atoms with Crippen molar-refractivity contribution in [2.45, 2.75) is 26.3 Å². The minimum absolute atomic E-state index is 0.336. The molecule has 1 aromatic heterocycles. The van der Waals surface area contributed by atoms with Crippen LogP contribution in [0.15, 0.2) is 48.2 Å². The van der Waals surface area contributed by atoms with Crippen LogP contribution in [0.5, 0.6) is 0 Å². The number of benzene rings is 1. The average molecular weight is 294 g/mol. The summed E-state index contributed by atoms with van der Waals surface area (Å²) in [5.41, 5.74) is 7.39. The number of aldehydes is 1. The molecule has 5 nitrogen and oxygen atoms in total. The van der Waals surface area contributed by atoms with Gasteiger partial charge in [-0.1, -0.05) is 29.8 Å². The first-order valence-electron chi connectivity index (χ1n) is 7.23. The Labute approximate surface area is 129 Å². The molecule has 1 atom stereocenters. The van der Waals surface area contributed by atoms with Gasteiger partial charge in [-0.25, -0.2) is 0 Å². The predicted molar refractivity (Wildman–Crippen MR) is 85.2 cm³/mol. The highest BCUT2D eigenvalue weighted by Crippen LogP contribution is 2.18. The highest BCUT2D eigenvalue weighted by molar-refractivity contribution is 5.69. The molecule has 5 heteroatoms. The molecular weight excluding hydrogens is 276 g/mol. The Bertz CT molecular complexity index is 709. The number of hydrogen-bond donors (Lipinski definition) is 1. The van der Waals surface area contributed by atoms with E-state index < -0.39 is 0 Å². The summed E-state index contributed by atoms with van der Waals surface area (Å²) in [7, 11) is 0. The van der Waals surface area contributed by atoms with E-state index in [1.807, 2.05) is 31.2 Å². The third-order valence-corrected chi connectivity index (χ3v) is 3.58. The number of carbonyl (C=O) groups is 1. The number of nitrogens with one attached hydrogen (secondary N) is 1. The quantitative estimate of drug-likeness (QED) is 0.876. The molecule has 3 rings (SSSR count). The second kappa shape index (κ2) is 5.97. The van der Waals surface area contributed by atoms with Crippen LogP contribution in [0.3, 0.4) is 0 Å². The van der Waals surface area contributed by atoms with E-state index in [1.165, 1.54) is 11.1 Å². The Balaban J connectivity index is 1.74. The molecule has 0 saturated carbocycles. The van der Waals surface area contributed by atoms with Crippen LogP contribution in [-0.4, -0.2) is 22.5 Å². The zero-order valence-electron chi connectivity index (χ0n) is 12.7. The molecule has 2 heterocycles. The largest absolute Gasteiger partial charge is 0.301 e. The van der Waals surface area contributed by atoms with Gasteiger partial charge in [-0.15, -0.1) is 5.10 Å². The summed E-state index contributed by atoms with van der Waals surface area (Å²) in [6, 6.07) is 11.8. The summed E-state index contributed by atoms with van der Waals surface area (Å²) in [4.78, 5) is 11.1. The number of anilines is 1. The van der Waals surface area contributed by atoms with Crippen molar-refractivity contribution in [2.24, 2.45) is 0 Å². The van der Waals surface area contributed by atoms with E-state index in [0.29, 0.717) is 5.82 Å². The smallest absolute Gasteiger partial charge is 0.170 e. The van der Waals surface area contributed by atoms with Gasteiger partial charge in [0.1, 0.15) is 12.3 Å². The highest BCUT2D eigenvalue weighted by atomic mass is 16.1. The Morgan fingerprint density at radius 2 is 2.09 bits per heavy atom. The van der Waals surface area contributed by atoms with Gasteiger partial charge in [0, 0.05) is 12.1 Å². The molecule has 112 valence electrons. The number of nitrogens with zero attached hydrogens (tertiary/aromatic N) is 3. The maximum Gasteiger partial charge on any atom is 0.170 e. The monoisotopic (exact) mass is 294 g/mol. The molecule has 0 aliphatic carbocycles. The molecule has 1 unspecified atom stereocenters. The van der Waals surface area contributed by atoms with Gasteiger partial charge in [0.05, 0.1) is 5.69 Å². The Morgan fingerprint density at radius 3 is 2.77 bits per heavy atom. The van der Waals surface area contributed by atoms with Crippen LogP contribution < -0.4 is 10.4 Å². The fraction of sp³-hybridized carbons (Fsp3) is 0.235. The summed E-state index contributed by atoms with van der Waals surface area (Å²) < 4.78 is 0. The van der Waals surface area contributed by atoms with E-state index in [1.54, 1.807) is 5.01 Å². The van der Waals surface area contributed by atoms with Crippen LogP contribution in [0.1, 0.15) is 23.7 Å². The van der Waals surface area contributed by atoms with Gasteiger partial charge in [0.2, 0.25) is 0 Å². The standard InChI is InChI=1S/C17H18N4O/c1-12-4-3-5-14(8-12)10-15-6-7-17(19-18-15)21-16(11-22)9-13(2)20-21/h3-9,11,16,20H,10H2,1-2H3. The van der Waals surface area contributed by atoms with Gasteiger partial charge >= 0.3 is 0 Å². The highest BCUT2D eigenvalue weighted by Gasteiger charge is 2.23. The fourth-order valence-corrected chi connectivity index (χ4v) is 2.55. The molecule has 0 fully saturated rings. The van der Waals surface area contributed by atoms with Crippen molar-refractivity contribution >= 4 is 12.1 Å². The first-order valence-corrected chi connectivity index (χ1v) is 7.23. The van der Waals surface area contributed by atoms with Crippen molar-refractivity contribution in [1.29, 1.82) is 0 Å². The summed E-state index contributed by atoms with van der Waals surface area (Å²) in [5.74, 6) is 0.637. The molecule has 1 aliphatic rings. The first kappa shape index (κ1) is 14.3. The molecule has 0 bridgehead atoms. The fourth-order valence-electron chi connectivity index (χ4n) is 2.55. The molecule has 0 spiro atoms. The molecule has 0 amide bonds. The van der Waals surface area contributed by atoms with E-state index in [-0.39, 0.29) is 6.04 Å². The molecular formula is C17H18N4O. The van der Waals surface area contributed by atoms with Crippen molar-refractivity contribution < 1.29 is 4.79 Å². The molecule has 1 aliphatic heterocycles. The third kappa shape index (κ3) is 2.98. The maximum absolute atomic E-state index is 11.1. The molecule has 0 saturated heterocycles. The summed E-state index contributed by atoms with van der Waals surface area (Å²) in [6.07, 6.45) is 3.48. The van der Waals surface area contributed by atoms with E-state index in [4.69, 9.17) is 0 Å². The Morgan fingerprint density at radius 1 is 1.23 bits per heavy atom. The van der Waals surface area contributed by atoms with Gasteiger partial charge in [-0.2, -0.15) is 5.10 Å². The topological polar surface area (TPSA) is 58.1 Å². The normalized spacial score (nSPS) is 17.1. The minimum Gasteiger partial charge on any atom is -0.301 e. The molecule has 1 aromatic carbocycles. The van der Waals surface area contributed by atoms with Gasteiger partial charge < -0.3 is 10.2 Å². The molecule has 22 heavy (non-hydrogen) atoms. The first-order chi connectivity index (χ1) is 10.7. The van der Waals surface area contributed by atoms with Crippen molar-refractivity contribution in [3.63, 3.8) is 0 Å². The summed E-state index contributed by atoms with van der Waals surface area (Å²) in [5, 5.41) is 10.2. The molecule has 0 radical (unpaired) electrons. The number of carbonyl (C=O) groups excluding carboxylic acids is 1. The van der Waals surface area contributed by atoms with Crippen LogP contribution in [0.25, 0.3) is 0 Å². The zero-order valence-corrected chi connectivity index (χ0v) is 12.7. The summed E-state index contributed by atoms with van der Waals surface area (Å²) >= 11 is 0. The predicted octanol–water partition coefficient (Wildman–Crippen LogP) is 2.17. The second-order valence-electron chi connectivity index (χ2n) is 5.51. The van der Waals surface area contributed by atoms with Gasteiger partial charge in [0.15, 0.2) is 5.82 Å². The Hall–Kier alpha value is -2.69. The summed E-state index contributed by atoms with van der Waals surface area (Å²) in [6.45, 7) is 3.99. The number of rotatable bonds is 4. The number of aromatic nitrogens is 2. The van der Waals surface area contributed by atoms with Crippen molar-refractivity contribution in [1.82, 2.24) is 15.6 Å². The van der Waals surface area contributed by atoms with E-state index >= 15 is 0 Å². The lowest BCUT2D eigenvalue weighted by Gasteiger charge is -2.21. The van der Waals surface area contributed by atoms with E-state index in [0.717, 1.165) is 24.1 Å². The number of aryl methyl sites for hydroxylation is 1. The van der Waals surface area contributed by atoms with E-state index in [9.17, 15) is 4.79 Å². The number of allylic oxidation sites excluding steroid dienone is 1. The lowest BCUT2D eigenvalue weighted by atomic mass is 10.1. The lowest BCUT2D eigenvalue weighted by molar-refractivity contribution is -0.108. The van der Waals surface area contributed by atoms with Gasteiger partial charge in [-0.05, 0) is 37.6 Å². The minimum atomic E-state index is -0.336. The Kier molecular flexibility index (Phi) is 3.87. The van der Waals surface area contributed by atoms with Crippen molar-refractivity contribution in [2.75, 3.05) is 5.01 Å². The van der Waals surface area contributed by atoms with Crippen LogP contribution in [-0.2, 0) is 11.2 Å². The second-order valence-corrected chi connectivity index (χ2v) is 5.51. The molecule has 2 aromatic rings. The van der Waals surface area contributed by atoms with Crippen LogP contribution in [0.2, 0.25) is 0 Å². The maximum atomic E-state index is 11.1. The SMILES string of the molecule is CC1=CC(C=O)N(c2ccc(Cc3cccc(C)c3)nn2)N1. The van der Waals surface area contributed by atoms with E-state index in [2.05, 4.69) is 40.7 Å². The van der Waals surface area contributed by atoms with Crippen LogP contribution in [0, 0.1) is 6.92 Å². The van der Waals surface area contributed by atoms with Gasteiger partial charge in [0.25, 0.3) is 0 Å². The average Bonchev–Trinajstić information content (AvgIpc) is 2.89. The van der Waals surface area contributed by atoms with Gasteiger partial charge in [-0.3, -0.25) is 5.01 Å². The molecule has 1 N–H and O–H groups in total. The zero-order chi connectivity index (χ0) is 15.5. The lowest BCUT2D eigenvalue weighted by Crippen LogP contribution is -2.40. The number of hydrazine groups is 1. The van der Waals surface area contributed by atoms with Crippen molar-refractivity contribution in [3.05, 3.63) is 65.0 Å². The van der Waals surface area contributed by atoms with Crippen LogP contribution in [0.4, 0.5) is 5.82 Å². The van der Waals surface area contributed by atoms with Crippen molar-refractivity contribution in [3.8, 4) is 0 Å². The third-order valence-electron chi connectivity index (χ3n) is 3.58. The number of hydrogen-bond acceptors (Lipinski definition) is 5. The van der Waals surface area contributed by atoms with Crippen LogP contribution >= 0.6 is 0 Å².